The van der Waals surface area contributed by atoms with Crippen LogP contribution < -0.4 is 0 Å². The number of imidazole rings is 2. The van der Waals surface area contributed by atoms with Crippen LogP contribution in [0.15, 0.2) is 80.2 Å². The number of hydrogen-bond acceptors (Lipinski definition) is 6. The summed E-state index contributed by atoms with van der Waals surface area (Å²) >= 11 is 0. The minimum absolute atomic E-state index is 0.469. The third-order valence-electron chi connectivity index (χ3n) is 4.74. The molecule has 0 bridgehead atoms. The van der Waals surface area contributed by atoms with Gasteiger partial charge in [-0.2, -0.15) is 15.0 Å². The van der Waals surface area contributed by atoms with Crippen LogP contribution in [0.4, 0.5) is 0 Å². The van der Waals surface area contributed by atoms with E-state index in [1.807, 2.05) is 35.0 Å². The molecule has 29 heavy (non-hydrogen) atoms. The van der Waals surface area contributed by atoms with Crippen molar-refractivity contribution in [2.45, 2.75) is 0 Å². The summed E-state index contributed by atoms with van der Waals surface area (Å²) in [5, 5.41) is 2.13. The minimum Gasteiger partial charge on any atom is -0.278 e. The number of nitrogens with zero attached hydrogens (tertiary/aromatic N) is 9. The summed E-state index contributed by atoms with van der Waals surface area (Å²) < 4.78 is 5.52. The summed E-state index contributed by atoms with van der Waals surface area (Å²) in [4.78, 5) is 26.6. The molecule has 0 aliphatic carbocycles. The number of fused-ring (bicyclic) bond motifs is 3. The fourth-order valence-corrected chi connectivity index (χ4v) is 3.46. The topological polar surface area (TPSA) is 92.1 Å². The van der Waals surface area contributed by atoms with E-state index in [-0.39, 0.29) is 0 Å². The minimum atomic E-state index is 0.469. The van der Waals surface area contributed by atoms with Gasteiger partial charge in [-0.1, -0.05) is 18.2 Å². The number of hydrogen-bond donors (Lipinski definition) is 0. The van der Waals surface area contributed by atoms with Crippen molar-refractivity contribution in [1.29, 1.82) is 0 Å². The number of pyridine rings is 1. The molecule has 0 atom stereocenters. The summed E-state index contributed by atoms with van der Waals surface area (Å²) in [6, 6.07) is 10.1. The molecule has 9 heteroatoms. The second-order valence-corrected chi connectivity index (χ2v) is 6.42. The molecule has 6 aromatic rings. The monoisotopic (exact) mass is 379 g/mol. The summed E-state index contributed by atoms with van der Waals surface area (Å²) in [7, 11) is 0. The normalized spacial score (nSPS) is 11.4. The standard InChI is InChI=1S/C20H13N9/c1-2-4-16-14(3-1)15-11-21-6-5-17(15)29(16)20-25-18(27-9-7-22-12-27)24-19(26-20)28-10-8-23-13-28/h1-13H. The highest BCUT2D eigenvalue weighted by Gasteiger charge is 2.17. The zero-order valence-corrected chi connectivity index (χ0v) is 15.0. The Morgan fingerprint density at radius 3 is 1.93 bits per heavy atom. The number of benzene rings is 1. The van der Waals surface area contributed by atoms with Crippen LogP contribution >= 0.6 is 0 Å². The second kappa shape index (κ2) is 6.06. The first-order valence-corrected chi connectivity index (χ1v) is 8.95. The molecular weight excluding hydrogens is 366 g/mol. The molecule has 0 aliphatic rings. The Morgan fingerprint density at radius 1 is 0.586 bits per heavy atom. The first-order valence-electron chi connectivity index (χ1n) is 8.95. The van der Waals surface area contributed by atoms with Gasteiger partial charge in [-0.3, -0.25) is 18.7 Å². The van der Waals surface area contributed by atoms with Gasteiger partial charge in [0.05, 0.1) is 11.0 Å². The van der Waals surface area contributed by atoms with E-state index in [0.29, 0.717) is 17.8 Å². The quantitative estimate of drug-likeness (QED) is 0.469. The van der Waals surface area contributed by atoms with Gasteiger partial charge in [0.2, 0.25) is 17.8 Å². The smallest absolute Gasteiger partial charge is 0.241 e. The number of rotatable bonds is 3. The predicted molar refractivity (Wildman–Crippen MR) is 106 cm³/mol. The SMILES string of the molecule is c1ccc2c(c1)c1cnccc1n2-c1nc(-n2ccnc2)nc(-n2ccnc2)n1. The van der Waals surface area contributed by atoms with Crippen molar-refractivity contribution < 1.29 is 0 Å². The lowest BCUT2D eigenvalue weighted by molar-refractivity contribution is 0.810. The maximum Gasteiger partial charge on any atom is 0.241 e. The van der Waals surface area contributed by atoms with E-state index in [9.17, 15) is 0 Å². The highest BCUT2D eigenvalue weighted by atomic mass is 15.3. The van der Waals surface area contributed by atoms with E-state index in [2.05, 4.69) is 26.0 Å². The Bertz CT molecular complexity index is 1340. The summed E-state index contributed by atoms with van der Waals surface area (Å²) in [6.07, 6.45) is 13.9. The van der Waals surface area contributed by atoms with Crippen LogP contribution in [0, 0.1) is 0 Å². The molecular formula is C20H13N9. The third kappa shape index (κ3) is 2.41. The first kappa shape index (κ1) is 15.6. The Hall–Kier alpha value is -4.40. The van der Waals surface area contributed by atoms with Gasteiger partial charge in [0.1, 0.15) is 12.7 Å². The van der Waals surface area contributed by atoms with Crippen LogP contribution in [0.2, 0.25) is 0 Å². The average Bonchev–Trinajstić information content (AvgIpc) is 3.54. The van der Waals surface area contributed by atoms with Gasteiger partial charge >= 0.3 is 0 Å². The van der Waals surface area contributed by atoms with E-state index in [4.69, 9.17) is 9.97 Å². The lowest BCUT2D eigenvalue weighted by atomic mass is 10.2. The van der Waals surface area contributed by atoms with Gasteiger partial charge in [0, 0.05) is 48.0 Å². The van der Waals surface area contributed by atoms with Crippen molar-refractivity contribution in [3.05, 3.63) is 80.2 Å². The van der Waals surface area contributed by atoms with Crippen LogP contribution in [0.3, 0.4) is 0 Å². The van der Waals surface area contributed by atoms with E-state index < -0.39 is 0 Å². The second-order valence-electron chi connectivity index (χ2n) is 6.42. The summed E-state index contributed by atoms with van der Waals surface area (Å²) in [5.74, 6) is 1.44. The van der Waals surface area contributed by atoms with Crippen LogP contribution in [0.1, 0.15) is 0 Å². The highest BCUT2D eigenvalue weighted by Crippen LogP contribution is 2.30. The molecule has 0 saturated heterocycles. The molecule has 9 nitrogen and oxygen atoms in total. The maximum absolute atomic E-state index is 4.74. The van der Waals surface area contributed by atoms with Crippen molar-refractivity contribution in [3.8, 4) is 17.8 Å². The van der Waals surface area contributed by atoms with Gasteiger partial charge in [-0.25, -0.2) is 9.97 Å². The molecule has 0 spiro atoms. The Morgan fingerprint density at radius 2 is 1.24 bits per heavy atom. The number of aromatic nitrogens is 9. The zero-order chi connectivity index (χ0) is 19.2. The number of para-hydroxylation sites is 1. The maximum atomic E-state index is 4.74. The lowest BCUT2D eigenvalue weighted by Gasteiger charge is -2.10. The molecule has 0 fully saturated rings. The van der Waals surface area contributed by atoms with Gasteiger partial charge in [-0.15, -0.1) is 0 Å². The summed E-state index contributed by atoms with van der Waals surface area (Å²) in [6.45, 7) is 0. The van der Waals surface area contributed by atoms with Gasteiger partial charge in [-0.05, 0) is 12.1 Å². The van der Waals surface area contributed by atoms with Crippen LogP contribution in [-0.2, 0) is 0 Å². The largest absolute Gasteiger partial charge is 0.278 e. The van der Waals surface area contributed by atoms with Crippen molar-refractivity contribution in [1.82, 2.24) is 43.6 Å². The fourth-order valence-electron chi connectivity index (χ4n) is 3.46. The molecule has 0 aliphatic heterocycles. The Balaban J connectivity index is 1.71. The first-order chi connectivity index (χ1) is 14.4. The molecule has 5 heterocycles. The molecule has 138 valence electrons. The molecule has 0 unspecified atom stereocenters. The molecule has 5 aromatic heterocycles. The lowest BCUT2D eigenvalue weighted by Crippen LogP contribution is -2.12. The van der Waals surface area contributed by atoms with Crippen molar-refractivity contribution in [3.63, 3.8) is 0 Å². The van der Waals surface area contributed by atoms with Gasteiger partial charge in [0.15, 0.2) is 0 Å². The highest BCUT2D eigenvalue weighted by molar-refractivity contribution is 6.08. The van der Waals surface area contributed by atoms with E-state index in [1.165, 1.54) is 0 Å². The van der Waals surface area contributed by atoms with Gasteiger partial charge in [0.25, 0.3) is 0 Å². The Kier molecular flexibility index (Phi) is 3.27. The molecule has 1 aromatic carbocycles. The van der Waals surface area contributed by atoms with E-state index in [1.54, 1.807) is 52.8 Å². The molecule has 0 radical (unpaired) electrons. The van der Waals surface area contributed by atoms with Crippen LogP contribution in [0.25, 0.3) is 39.7 Å². The van der Waals surface area contributed by atoms with Gasteiger partial charge < -0.3 is 0 Å². The zero-order valence-electron chi connectivity index (χ0n) is 15.0. The summed E-state index contributed by atoms with van der Waals surface area (Å²) in [5.41, 5.74) is 1.97. The Labute approximate surface area is 164 Å². The fraction of sp³-hybridized carbons (Fsp3) is 0. The van der Waals surface area contributed by atoms with E-state index >= 15 is 0 Å². The molecule has 6 rings (SSSR count). The van der Waals surface area contributed by atoms with Crippen LogP contribution in [-0.4, -0.2) is 43.6 Å². The van der Waals surface area contributed by atoms with E-state index in [0.717, 1.165) is 21.8 Å². The van der Waals surface area contributed by atoms with Crippen molar-refractivity contribution in [2.75, 3.05) is 0 Å². The average molecular weight is 379 g/mol. The van der Waals surface area contributed by atoms with Crippen molar-refractivity contribution in [2.24, 2.45) is 0 Å². The van der Waals surface area contributed by atoms with Crippen molar-refractivity contribution >= 4 is 21.8 Å². The molecule has 0 N–H and O–H groups in total. The van der Waals surface area contributed by atoms with Crippen LogP contribution in [0.5, 0.6) is 0 Å². The predicted octanol–water partition coefficient (Wildman–Crippen LogP) is 2.74. The molecule has 0 amide bonds. The third-order valence-corrected chi connectivity index (χ3v) is 4.74. The molecule has 0 saturated carbocycles.